The van der Waals surface area contributed by atoms with Crippen LogP contribution in [0.1, 0.15) is 26.2 Å². The zero-order valence-corrected chi connectivity index (χ0v) is 10.00. The third-order valence-corrected chi connectivity index (χ3v) is 2.74. The van der Waals surface area contributed by atoms with Crippen LogP contribution in [0.4, 0.5) is 0 Å². The average molecular weight is 226 g/mol. The Morgan fingerprint density at radius 3 is 2.94 bits per heavy atom. The molecule has 0 aromatic carbocycles. The van der Waals surface area contributed by atoms with Gasteiger partial charge in [-0.2, -0.15) is 0 Å². The summed E-state index contributed by atoms with van der Waals surface area (Å²) < 4.78 is 5.39. The number of carbonyl (C=O) groups is 1. The standard InChI is InChI=1S/C12H22N2O2/c1-3-4-9-16-10(2)12(15)14-11-5-7-13-8-6-11/h3,10-11,13H,1,4-9H2,2H3,(H,14,15). The van der Waals surface area contributed by atoms with Crippen molar-refractivity contribution in [1.29, 1.82) is 0 Å². The van der Waals surface area contributed by atoms with E-state index in [1.165, 1.54) is 0 Å². The molecule has 1 aliphatic rings. The van der Waals surface area contributed by atoms with E-state index in [2.05, 4.69) is 17.2 Å². The monoisotopic (exact) mass is 226 g/mol. The Morgan fingerprint density at radius 1 is 1.62 bits per heavy atom. The molecule has 0 aromatic heterocycles. The molecule has 4 nitrogen and oxygen atoms in total. The fourth-order valence-corrected chi connectivity index (χ4v) is 1.69. The Hall–Kier alpha value is -0.870. The van der Waals surface area contributed by atoms with E-state index in [1.54, 1.807) is 13.0 Å². The van der Waals surface area contributed by atoms with Crippen molar-refractivity contribution in [2.75, 3.05) is 19.7 Å². The summed E-state index contributed by atoms with van der Waals surface area (Å²) in [5.41, 5.74) is 0. The smallest absolute Gasteiger partial charge is 0.249 e. The van der Waals surface area contributed by atoms with Gasteiger partial charge in [-0.1, -0.05) is 6.08 Å². The number of hydrogen-bond donors (Lipinski definition) is 2. The minimum atomic E-state index is -0.366. The summed E-state index contributed by atoms with van der Waals surface area (Å²) in [6, 6.07) is 0.305. The quantitative estimate of drug-likeness (QED) is 0.521. The number of carbonyl (C=O) groups excluding carboxylic acids is 1. The van der Waals surface area contributed by atoms with Crippen molar-refractivity contribution in [3.63, 3.8) is 0 Å². The maximum Gasteiger partial charge on any atom is 0.249 e. The lowest BCUT2D eigenvalue weighted by Gasteiger charge is -2.25. The van der Waals surface area contributed by atoms with E-state index in [4.69, 9.17) is 4.74 Å². The predicted molar refractivity (Wildman–Crippen MR) is 64.3 cm³/mol. The number of nitrogens with one attached hydrogen (secondary N) is 2. The van der Waals surface area contributed by atoms with Crippen molar-refractivity contribution in [3.05, 3.63) is 12.7 Å². The highest BCUT2D eigenvalue weighted by Gasteiger charge is 2.19. The molecule has 1 unspecified atom stereocenters. The third kappa shape index (κ3) is 4.77. The molecule has 2 N–H and O–H groups in total. The number of amides is 1. The van der Waals surface area contributed by atoms with Gasteiger partial charge in [0, 0.05) is 6.04 Å². The van der Waals surface area contributed by atoms with Crippen LogP contribution in [-0.4, -0.2) is 37.7 Å². The maximum absolute atomic E-state index is 11.7. The Bertz CT molecular complexity index is 225. The van der Waals surface area contributed by atoms with Crippen LogP contribution in [0.5, 0.6) is 0 Å². The van der Waals surface area contributed by atoms with Crippen LogP contribution in [0.15, 0.2) is 12.7 Å². The zero-order valence-electron chi connectivity index (χ0n) is 10.00. The molecule has 0 bridgehead atoms. The summed E-state index contributed by atoms with van der Waals surface area (Å²) in [6.45, 7) is 7.93. The SMILES string of the molecule is C=CCCOC(C)C(=O)NC1CCNCC1. The van der Waals surface area contributed by atoms with Crippen LogP contribution in [0.3, 0.4) is 0 Å². The molecule has 16 heavy (non-hydrogen) atoms. The fourth-order valence-electron chi connectivity index (χ4n) is 1.69. The van der Waals surface area contributed by atoms with Gasteiger partial charge in [0.2, 0.25) is 5.91 Å². The molecular weight excluding hydrogens is 204 g/mol. The number of piperidine rings is 1. The molecular formula is C12H22N2O2. The van der Waals surface area contributed by atoms with E-state index in [-0.39, 0.29) is 12.0 Å². The summed E-state index contributed by atoms with van der Waals surface area (Å²) in [4.78, 5) is 11.7. The molecule has 92 valence electrons. The lowest BCUT2D eigenvalue weighted by molar-refractivity contribution is -0.132. The average Bonchev–Trinajstić information content (AvgIpc) is 2.30. The van der Waals surface area contributed by atoms with Gasteiger partial charge in [0.25, 0.3) is 0 Å². The lowest BCUT2D eigenvalue weighted by Crippen LogP contribution is -2.46. The van der Waals surface area contributed by atoms with Gasteiger partial charge in [-0.25, -0.2) is 0 Å². The number of hydrogen-bond acceptors (Lipinski definition) is 3. The van der Waals surface area contributed by atoms with Crippen molar-refractivity contribution < 1.29 is 9.53 Å². The predicted octanol–water partition coefficient (Wildman–Crippen LogP) is 0.836. The molecule has 0 saturated carbocycles. The van der Waals surface area contributed by atoms with Crippen LogP contribution in [0.2, 0.25) is 0 Å². The molecule has 1 fully saturated rings. The zero-order chi connectivity index (χ0) is 11.8. The largest absolute Gasteiger partial charge is 0.368 e. The minimum absolute atomic E-state index is 0.00374. The van der Waals surface area contributed by atoms with Crippen molar-refractivity contribution in [1.82, 2.24) is 10.6 Å². The van der Waals surface area contributed by atoms with Crippen molar-refractivity contribution in [2.24, 2.45) is 0 Å². The second kappa shape index (κ2) is 7.41. The fraction of sp³-hybridized carbons (Fsp3) is 0.750. The highest BCUT2D eigenvalue weighted by atomic mass is 16.5. The Labute approximate surface area is 97.4 Å². The number of rotatable bonds is 6. The highest BCUT2D eigenvalue weighted by Crippen LogP contribution is 2.03. The van der Waals surface area contributed by atoms with Gasteiger partial charge in [-0.15, -0.1) is 6.58 Å². The Balaban J connectivity index is 2.19. The van der Waals surface area contributed by atoms with Crippen molar-refractivity contribution in [3.8, 4) is 0 Å². The first-order valence-electron chi connectivity index (χ1n) is 5.97. The second-order valence-electron chi connectivity index (χ2n) is 4.12. The molecule has 1 atom stereocenters. The normalized spacial score (nSPS) is 19.1. The summed E-state index contributed by atoms with van der Waals surface area (Å²) >= 11 is 0. The molecule has 0 aromatic rings. The van der Waals surface area contributed by atoms with Gasteiger partial charge in [0.1, 0.15) is 6.10 Å². The van der Waals surface area contributed by atoms with Gasteiger partial charge in [0.05, 0.1) is 6.61 Å². The topological polar surface area (TPSA) is 50.4 Å². The van der Waals surface area contributed by atoms with Crippen LogP contribution < -0.4 is 10.6 Å². The minimum Gasteiger partial charge on any atom is -0.368 e. The molecule has 1 aliphatic heterocycles. The van der Waals surface area contributed by atoms with Crippen LogP contribution >= 0.6 is 0 Å². The summed E-state index contributed by atoms with van der Waals surface area (Å²) in [5, 5.41) is 6.28. The van der Waals surface area contributed by atoms with E-state index < -0.39 is 0 Å². The molecule has 1 amide bonds. The lowest BCUT2D eigenvalue weighted by atomic mass is 10.1. The van der Waals surface area contributed by atoms with E-state index in [0.717, 1.165) is 32.4 Å². The van der Waals surface area contributed by atoms with Crippen LogP contribution in [0.25, 0.3) is 0 Å². The molecule has 0 aliphatic carbocycles. The summed E-state index contributed by atoms with van der Waals surface area (Å²) in [7, 11) is 0. The maximum atomic E-state index is 11.7. The van der Waals surface area contributed by atoms with Crippen molar-refractivity contribution >= 4 is 5.91 Å². The molecule has 1 heterocycles. The van der Waals surface area contributed by atoms with Crippen LogP contribution in [-0.2, 0) is 9.53 Å². The summed E-state index contributed by atoms with van der Waals surface area (Å²) in [5.74, 6) is -0.00374. The Morgan fingerprint density at radius 2 is 2.31 bits per heavy atom. The first-order chi connectivity index (χ1) is 7.74. The first kappa shape index (κ1) is 13.2. The van der Waals surface area contributed by atoms with Gasteiger partial charge in [0.15, 0.2) is 0 Å². The molecule has 1 saturated heterocycles. The first-order valence-corrected chi connectivity index (χ1v) is 5.97. The number of ether oxygens (including phenoxy) is 1. The van der Waals surface area contributed by atoms with E-state index in [0.29, 0.717) is 12.6 Å². The highest BCUT2D eigenvalue weighted by molar-refractivity contribution is 5.80. The van der Waals surface area contributed by atoms with Gasteiger partial charge in [-0.05, 0) is 39.3 Å². The molecule has 1 rings (SSSR count). The van der Waals surface area contributed by atoms with Gasteiger partial charge >= 0.3 is 0 Å². The Kier molecular flexibility index (Phi) is 6.11. The van der Waals surface area contributed by atoms with Gasteiger partial charge < -0.3 is 15.4 Å². The van der Waals surface area contributed by atoms with E-state index >= 15 is 0 Å². The van der Waals surface area contributed by atoms with Gasteiger partial charge in [-0.3, -0.25) is 4.79 Å². The molecule has 0 radical (unpaired) electrons. The van der Waals surface area contributed by atoms with Crippen LogP contribution in [0, 0.1) is 0 Å². The summed E-state index contributed by atoms with van der Waals surface area (Å²) in [6.07, 6.45) is 4.22. The molecule has 4 heteroatoms. The second-order valence-corrected chi connectivity index (χ2v) is 4.12. The third-order valence-electron chi connectivity index (χ3n) is 2.74. The van der Waals surface area contributed by atoms with Crippen molar-refractivity contribution in [2.45, 2.75) is 38.3 Å². The van der Waals surface area contributed by atoms with E-state index in [1.807, 2.05) is 0 Å². The van der Waals surface area contributed by atoms with E-state index in [9.17, 15) is 4.79 Å². The molecule has 0 spiro atoms.